The predicted octanol–water partition coefficient (Wildman–Crippen LogP) is 5.06. The fourth-order valence-electron chi connectivity index (χ4n) is 3.13. The number of rotatable bonds is 5. The van der Waals surface area contributed by atoms with Crippen LogP contribution in [-0.4, -0.2) is 31.7 Å². The molecule has 0 fully saturated rings. The van der Waals surface area contributed by atoms with Crippen LogP contribution in [0.3, 0.4) is 0 Å². The summed E-state index contributed by atoms with van der Waals surface area (Å²) in [6, 6.07) is 3.94. The van der Waals surface area contributed by atoms with Crippen molar-refractivity contribution < 1.29 is 26.7 Å². The van der Waals surface area contributed by atoms with Gasteiger partial charge in [0.15, 0.2) is 0 Å². The molecule has 0 radical (unpaired) electrons. The van der Waals surface area contributed by atoms with Gasteiger partial charge in [-0.05, 0) is 31.2 Å². The van der Waals surface area contributed by atoms with Crippen molar-refractivity contribution in [1.29, 1.82) is 0 Å². The first-order valence-electron chi connectivity index (χ1n) is 9.27. The van der Waals surface area contributed by atoms with E-state index in [9.17, 15) is 22.0 Å². The SMILES string of the molecule is COc1cc(-c2cn(C(F)(F)c3ccc(C(F)(F)F)cc3)nn2)ccc1-n1cnc(C)c1. The van der Waals surface area contributed by atoms with Crippen LogP contribution in [0, 0.1) is 6.92 Å². The molecule has 0 N–H and O–H groups in total. The Balaban J connectivity index is 1.64. The topological polar surface area (TPSA) is 57.8 Å². The molecule has 6 nitrogen and oxygen atoms in total. The van der Waals surface area contributed by atoms with Crippen LogP contribution in [0.1, 0.15) is 16.8 Å². The van der Waals surface area contributed by atoms with Gasteiger partial charge in [-0.25, -0.2) is 4.98 Å². The highest BCUT2D eigenvalue weighted by Crippen LogP contribution is 2.35. The van der Waals surface area contributed by atoms with Crippen LogP contribution in [-0.2, 0) is 12.2 Å². The summed E-state index contributed by atoms with van der Waals surface area (Å²) in [5.41, 5.74) is 0.450. The maximum atomic E-state index is 14.8. The number of hydrogen-bond donors (Lipinski definition) is 0. The van der Waals surface area contributed by atoms with Crippen molar-refractivity contribution in [3.05, 3.63) is 78.0 Å². The summed E-state index contributed by atoms with van der Waals surface area (Å²) in [4.78, 5) is 4.16. The lowest BCUT2D eigenvalue weighted by Gasteiger charge is -2.17. The van der Waals surface area contributed by atoms with E-state index in [0.717, 1.165) is 24.0 Å². The minimum absolute atomic E-state index is 0.142. The molecule has 11 heteroatoms. The smallest absolute Gasteiger partial charge is 0.416 e. The zero-order chi connectivity index (χ0) is 23.1. The van der Waals surface area contributed by atoms with Gasteiger partial charge < -0.3 is 9.30 Å². The van der Waals surface area contributed by atoms with E-state index in [4.69, 9.17) is 4.74 Å². The standard InChI is InChI=1S/C21H16F5N5O/c1-13-10-30(12-27-13)18-8-3-14(9-19(18)32-2)17-11-31(29-28-17)21(25,26)16-6-4-15(5-7-16)20(22,23)24/h3-12H,1-2H3. The Hall–Kier alpha value is -3.76. The van der Waals surface area contributed by atoms with Crippen LogP contribution in [0.4, 0.5) is 22.0 Å². The quantitative estimate of drug-likeness (QED) is 0.400. The van der Waals surface area contributed by atoms with E-state index in [0.29, 0.717) is 33.8 Å². The van der Waals surface area contributed by atoms with Crippen LogP contribution in [0.2, 0.25) is 0 Å². The Bertz CT molecular complexity index is 1240. The van der Waals surface area contributed by atoms with Crippen LogP contribution < -0.4 is 4.74 Å². The number of benzene rings is 2. The van der Waals surface area contributed by atoms with Gasteiger partial charge in [0.2, 0.25) is 0 Å². The van der Waals surface area contributed by atoms with Crippen LogP contribution >= 0.6 is 0 Å². The molecule has 0 spiro atoms. The van der Waals surface area contributed by atoms with Crippen molar-refractivity contribution >= 4 is 0 Å². The minimum atomic E-state index is -4.62. The lowest BCUT2D eigenvalue weighted by molar-refractivity contribution is -0.137. The number of methoxy groups -OCH3 is 1. The highest BCUT2D eigenvalue weighted by Gasteiger charge is 2.37. The number of aromatic nitrogens is 5. The Morgan fingerprint density at radius 1 is 0.906 bits per heavy atom. The van der Waals surface area contributed by atoms with E-state index in [1.807, 2.05) is 6.92 Å². The van der Waals surface area contributed by atoms with E-state index in [1.54, 1.807) is 35.3 Å². The summed E-state index contributed by atoms with van der Waals surface area (Å²) in [6.45, 7) is 1.84. The number of ether oxygens (including phenoxy) is 1. The van der Waals surface area contributed by atoms with E-state index < -0.39 is 23.3 Å². The molecule has 4 aromatic rings. The second-order valence-electron chi connectivity index (χ2n) is 6.97. The number of imidazole rings is 1. The number of alkyl halides is 5. The van der Waals surface area contributed by atoms with E-state index in [1.165, 1.54) is 7.11 Å². The first-order chi connectivity index (χ1) is 15.1. The lowest BCUT2D eigenvalue weighted by atomic mass is 10.1. The Morgan fingerprint density at radius 2 is 1.59 bits per heavy atom. The molecule has 0 aliphatic heterocycles. The molecular weight excluding hydrogens is 433 g/mol. The molecule has 4 rings (SSSR count). The van der Waals surface area contributed by atoms with Gasteiger partial charge in [0.1, 0.15) is 11.4 Å². The largest absolute Gasteiger partial charge is 0.495 e. The van der Waals surface area contributed by atoms with Crippen LogP contribution in [0.5, 0.6) is 5.75 Å². The summed E-state index contributed by atoms with van der Waals surface area (Å²) in [5.74, 6) is 0.462. The highest BCUT2D eigenvalue weighted by atomic mass is 19.4. The van der Waals surface area contributed by atoms with Gasteiger partial charge in [0.25, 0.3) is 0 Å². The average Bonchev–Trinajstić information content (AvgIpc) is 3.42. The van der Waals surface area contributed by atoms with Crippen LogP contribution in [0.25, 0.3) is 16.9 Å². The van der Waals surface area contributed by atoms with E-state index in [2.05, 4.69) is 15.3 Å². The second kappa shape index (κ2) is 7.74. The lowest BCUT2D eigenvalue weighted by Crippen LogP contribution is -2.25. The predicted molar refractivity (Wildman–Crippen MR) is 105 cm³/mol. The summed E-state index contributed by atoms with van der Waals surface area (Å²) in [7, 11) is 1.47. The molecule has 0 bridgehead atoms. The maximum Gasteiger partial charge on any atom is 0.416 e. The average molecular weight is 449 g/mol. The summed E-state index contributed by atoms with van der Waals surface area (Å²) < 4.78 is 75.2. The molecular formula is C21H16F5N5O. The van der Waals surface area contributed by atoms with E-state index >= 15 is 0 Å². The van der Waals surface area contributed by atoms with E-state index in [-0.39, 0.29) is 5.69 Å². The molecule has 0 aliphatic carbocycles. The molecule has 0 saturated carbocycles. The Morgan fingerprint density at radius 3 is 2.19 bits per heavy atom. The normalized spacial score (nSPS) is 12.2. The Labute approximate surface area is 178 Å². The molecule has 2 aromatic heterocycles. The first kappa shape index (κ1) is 21.5. The summed E-state index contributed by atoms with van der Waals surface area (Å²) in [6.07, 6.45) is -0.172. The maximum absolute atomic E-state index is 14.8. The fraction of sp³-hybridized carbons (Fsp3) is 0.190. The van der Waals surface area contributed by atoms with Crippen molar-refractivity contribution in [2.24, 2.45) is 0 Å². The molecule has 0 amide bonds. The fourth-order valence-corrected chi connectivity index (χ4v) is 3.13. The van der Waals surface area contributed by atoms with Crippen LogP contribution in [0.15, 0.2) is 61.2 Å². The molecule has 0 atom stereocenters. The van der Waals surface area contributed by atoms with Crippen molar-refractivity contribution in [2.45, 2.75) is 19.1 Å². The molecule has 166 valence electrons. The van der Waals surface area contributed by atoms with Gasteiger partial charge in [0, 0.05) is 17.3 Å². The molecule has 2 heterocycles. The zero-order valence-electron chi connectivity index (χ0n) is 16.8. The minimum Gasteiger partial charge on any atom is -0.495 e. The van der Waals surface area contributed by atoms with Gasteiger partial charge in [0.05, 0.1) is 36.6 Å². The second-order valence-corrected chi connectivity index (χ2v) is 6.97. The summed E-state index contributed by atoms with van der Waals surface area (Å²) >= 11 is 0. The van der Waals surface area contributed by atoms with Crippen molar-refractivity contribution in [1.82, 2.24) is 24.5 Å². The molecule has 0 saturated heterocycles. The number of halogens is 5. The Kier molecular flexibility index (Phi) is 5.19. The molecule has 32 heavy (non-hydrogen) atoms. The first-order valence-corrected chi connectivity index (χ1v) is 9.27. The molecule has 0 aliphatic rings. The van der Waals surface area contributed by atoms with Gasteiger partial charge in [-0.3, -0.25) is 0 Å². The van der Waals surface area contributed by atoms with Gasteiger partial charge >= 0.3 is 12.2 Å². The van der Waals surface area contributed by atoms with Gasteiger partial charge in [-0.2, -0.15) is 26.6 Å². The van der Waals surface area contributed by atoms with Gasteiger partial charge in [-0.15, -0.1) is 5.10 Å². The summed E-state index contributed by atoms with van der Waals surface area (Å²) in [5, 5.41) is 7.28. The van der Waals surface area contributed by atoms with Crippen molar-refractivity contribution in [3.8, 4) is 22.7 Å². The zero-order valence-corrected chi connectivity index (χ0v) is 16.8. The van der Waals surface area contributed by atoms with Crippen molar-refractivity contribution in [3.63, 3.8) is 0 Å². The third-order valence-electron chi connectivity index (χ3n) is 4.81. The number of hydrogen-bond acceptors (Lipinski definition) is 4. The third-order valence-corrected chi connectivity index (χ3v) is 4.81. The monoisotopic (exact) mass is 449 g/mol. The van der Waals surface area contributed by atoms with Crippen molar-refractivity contribution in [2.75, 3.05) is 7.11 Å². The number of aryl methyl sites for hydroxylation is 1. The molecule has 0 unspecified atom stereocenters. The van der Waals surface area contributed by atoms with Gasteiger partial charge in [-0.1, -0.05) is 23.4 Å². The third kappa shape index (κ3) is 3.93. The highest BCUT2D eigenvalue weighted by molar-refractivity contribution is 5.64. The molecule has 2 aromatic carbocycles. The number of nitrogens with zero attached hydrogens (tertiary/aromatic N) is 5.